The van der Waals surface area contributed by atoms with Crippen molar-refractivity contribution >= 4 is 5.69 Å². The van der Waals surface area contributed by atoms with Crippen LogP contribution in [0.5, 0.6) is 0 Å². The number of hydrogen-bond donors (Lipinski definition) is 1. The molecule has 0 radical (unpaired) electrons. The number of rotatable bonds is 2. The van der Waals surface area contributed by atoms with Crippen molar-refractivity contribution in [3.63, 3.8) is 0 Å². The summed E-state index contributed by atoms with van der Waals surface area (Å²) in [6, 6.07) is 13.6. The van der Waals surface area contributed by atoms with Crippen molar-refractivity contribution in [2.75, 3.05) is 18.5 Å². The Kier molecular flexibility index (Phi) is 2.78. The molecule has 0 unspecified atom stereocenters. The predicted molar refractivity (Wildman–Crippen MR) is 83.9 cm³/mol. The average molecular weight is 264 g/mol. The molecular weight excluding hydrogens is 244 g/mol. The summed E-state index contributed by atoms with van der Waals surface area (Å²) >= 11 is 0. The Hall–Kier alpha value is -1.80. The first-order chi connectivity index (χ1) is 9.79. The second-order valence-corrected chi connectivity index (χ2v) is 6.02. The molecule has 0 spiro atoms. The van der Waals surface area contributed by atoms with Gasteiger partial charge in [-0.1, -0.05) is 29.8 Å². The van der Waals surface area contributed by atoms with Crippen LogP contribution in [0, 0.1) is 6.92 Å². The van der Waals surface area contributed by atoms with Crippen LogP contribution in [0.15, 0.2) is 36.4 Å². The molecule has 0 saturated carbocycles. The maximum Gasteiger partial charge on any atom is 0.0496 e. The van der Waals surface area contributed by atoms with Crippen LogP contribution in [0.25, 0.3) is 11.1 Å². The van der Waals surface area contributed by atoms with Crippen LogP contribution in [0.3, 0.4) is 0 Å². The molecule has 2 heteroatoms. The zero-order valence-corrected chi connectivity index (χ0v) is 11.9. The zero-order valence-electron chi connectivity index (χ0n) is 11.9. The summed E-state index contributed by atoms with van der Waals surface area (Å²) < 4.78 is 0. The van der Waals surface area contributed by atoms with E-state index in [1.54, 1.807) is 0 Å². The van der Waals surface area contributed by atoms with Gasteiger partial charge in [-0.25, -0.2) is 5.01 Å². The summed E-state index contributed by atoms with van der Waals surface area (Å²) in [6.45, 7) is 4.49. The molecule has 1 fully saturated rings. The molecule has 2 aromatic rings. The second-order valence-electron chi connectivity index (χ2n) is 6.02. The standard InChI is InChI=1S/C18H20N2/c1-13-4-7-17-15(10-13)11-14-5-6-16(12-18(14)17)19-20-8-2-3-9-20/h4-7,10,12,19H,2-3,8-9,11H2,1H3. The summed E-state index contributed by atoms with van der Waals surface area (Å²) in [7, 11) is 0. The molecule has 102 valence electrons. The topological polar surface area (TPSA) is 15.3 Å². The molecule has 4 rings (SSSR count). The number of benzene rings is 2. The Bertz CT molecular complexity index is 654. The van der Waals surface area contributed by atoms with Gasteiger partial charge in [-0.15, -0.1) is 0 Å². The molecule has 1 N–H and O–H groups in total. The Labute approximate surface area is 120 Å². The summed E-state index contributed by atoms with van der Waals surface area (Å²) in [5, 5.41) is 2.33. The molecule has 1 aliphatic heterocycles. The summed E-state index contributed by atoms with van der Waals surface area (Å²) in [6.07, 6.45) is 3.69. The number of hydrogen-bond acceptors (Lipinski definition) is 2. The van der Waals surface area contributed by atoms with E-state index in [4.69, 9.17) is 0 Å². The minimum absolute atomic E-state index is 1.08. The highest BCUT2D eigenvalue weighted by molar-refractivity contribution is 5.79. The predicted octanol–water partition coefficient (Wildman–Crippen LogP) is 3.99. The third-order valence-electron chi connectivity index (χ3n) is 4.43. The Morgan fingerprint density at radius 1 is 0.900 bits per heavy atom. The lowest BCUT2D eigenvalue weighted by molar-refractivity contribution is 0.410. The lowest BCUT2D eigenvalue weighted by Crippen LogP contribution is -2.26. The SMILES string of the molecule is Cc1ccc2c(c1)Cc1ccc(NN3CCCC3)cc1-2. The van der Waals surface area contributed by atoms with Crippen LogP contribution >= 0.6 is 0 Å². The van der Waals surface area contributed by atoms with E-state index < -0.39 is 0 Å². The van der Waals surface area contributed by atoms with Crippen LogP contribution in [0.2, 0.25) is 0 Å². The fourth-order valence-corrected chi connectivity index (χ4v) is 3.40. The van der Waals surface area contributed by atoms with E-state index in [1.165, 1.54) is 46.3 Å². The lowest BCUT2D eigenvalue weighted by Gasteiger charge is -2.18. The zero-order chi connectivity index (χ0) is 13.5. The molecule has 2 aliphatic rings. The molecule has 1 heterocycles. The van der Waals surface area contributed by atoms with Gasteiger partial charge in [0.2, 0.25) is 0 Å². The molecule has 0 atom stereocenters. The number of nitrogens with one attached hydrogen (secondary N) is 1. The molecule has 2 nitrogen and oxygen atoms in total. The van der Waals surface area contributed by atoms with Gasteiger partial charge < -0.3 is 5.43 Å². The van der Waals surface area contributed by atoms with Crippen molar-refractivity contribution in [2.24, 2.45) is 0 Å². The molecule has 20 heavy (non-hydrogen) atoms. The monoisotopic (exact) mass is 264 g/mol. The van der Waals surface area contributed by atoms with Gasteiger partial charge in [0.15, 0.2) is 0 Å². The van der Waals surface area contributed by atoms with Crippen LogP contribution in [-0.4, -0.2) is 18.1 Å². The number of anilines is 1. The van der Waals surface area contributed by atoms with Crippen molar-refractivity contribution in [2.45, 2.75) is 26.2 Å². The van der Waals surface area contributed by atoms with E-state index in [0.717, 1.165) is 19.5 Å². The van der Waals surface area contributed by atoms with Crippen LogP contribution in [0.1, 0.15) is 29.5 Å². The minimum Gasteiger partial charge on any atom is -0.319 e. The quantitative estimate of drug-likeness (QED) is 0.753. The number of hydrazine groups is 1. The van der Waals surface area contributed by atoms with Crippen molar-refractivity contribution in [3.05, 3.63) is 53.1 Å². The number of nitrogens with zero attached hydrogens (tertiary/aromatic N) is 1. The van der Waals surface area contributed by atoms with E-state index >= 15 is 0 Å². The molecule has 1 saturated heterocycles. The van der Waals surface area contributed by atoms with E-state index in [-0.39, 0.29) is 0 Å². The van der Waals surface area contributed by atoms with Gasteiger partial charge in [0.1, 0.15) is 0 Å². The molecule has 0 bridgehead atoms. The van der Waals surface area contributed by atoms with Crippen molar-refractivity contribution in [1.82, 2.24) is 5.01 Å². The van der Waals surface area contributed by atoms with Crippen LogP contribution in [-0.2, 0) is 6.42 Å². The second kappa shape index (κ2) is 4.64. The van der Waals surface area contributed by atoms with E-state index in [9.17, 15) is 0 Å². The normalized spacial score (nSPS) is 17.1. The summed E-state index contributed by atoms with van der Waals surface area (Å²) in [5.41, 5.74) is 11.9. The van der Waals surface area contributed by atoms with Crippen molar-refractivity contribution in [1.29, 1.82) is 0 Å². The van der Waals surface area contributed by atoms with Crippen molar-refractivity contribution < 1.29 is 0 Å². The van der Waals surface area contributed by atoms with Crippen LogP contribution < -0.4 is 5.43 Å². The molecule has 2 aromatic carbocycles. The molecule has 1 aliphatic carbocycles. The smallest absolute Gasteiger partial charge is 0.0496 e. The summed E-state index contributed by atoms with van der Waals surface area (Å²) in [4.78, 5) is 0. The van der Waals surface area contributed by atoms with Gasteiger partial charge in [-0.05, 0) is 60.6 Å². The van der Waals surface area contributed by atoms with Crippen molar-refractivity contribution in [3.8, 4) is 11.1 Å². The highest BCUT2D eigenvalue weighted by Gasteiger charge is 2.19. The van der Waals surface area contributed by atoms with E-state index in [1.807, 2.05) is 0 Å². The van der Waals surface area contributed by atoms with Gasteiger partial charge in [-0.2, -0.15) is 0 Å². The van der Waals surface area contributed by atoms with Gasteiger partial charge in [0, 0.05) is 18.8 Å². The van der Waals surface area contributed by atoms with Gasteiger partial charge in [0.25, 0.3) is 0 Å². The maximum absolute atomic E-state index is 3.55. The minimum atomic E-state index is 1.08. The van der Waals surface area contributed by atoms with E-state index in [0.29, 0.717) is 0 Å². The first-order valence-corrected chi connectivity index (χ1v) is 7.54. The van der Waals surface area contributed by atoms with Gasteiger partial charge in [-0.3, -0.25) is 0 Å². The number of fused-ring (bicyclic) bond motifs is 3. The van der Waals surface area contributed by atoms with Crippen LogP contribution in [0.4, 0.5) is 5.69 Å². The van der Waals surface area contributed by atoms with Gasteiger partial charge in [0.05, 0.1) is 0 Å². The first-order valence-electron chi connectivity index (χ1n) is 7.54. The fourth-order valence-electron chi connectivity index (χ4n) is 3.40. The summed E-state index contributed by atoms with van der Waals surface area (Å²) in [5.74, 6) is 0. The third-order valence-corrected chi connectivity index (χ3v) is 4.43. The lowest BCUT2D eigenvalue weighted by atomic mass is 10.0. The maximum atomic E-state index is 3.55. The molecule has 0 aromatic heterocycles. The highest BCUT2D eigenvalue weighted by atomic mass is 15.5. The number of aryl methyl sites for hydroxylation is 1. The average Bonchev–Trinajstić information content (AvgIpc) is 3.05. The molecular formula is C18H20N2. The Morgan fingerprint density at radius 3 is 2.60 bits per heavy atom. The van der Waals surface area contributed by atoms with E-state index in [2.05, 4.69) is 53.8 Å². The third kappa shape index (κ3) is 2.01. The first kappa shape index (κ1) is 12.0. The largest absolute Gasteiger partial charge is 0.319 e. The Balaban J connectivity index is 1.67. The fraction of sp³-hybridized carbons (Fsp3) is 0.333. The van der Waals surface area contributed by atoms with Gasteiger partial charge >= 0.3 is 0 Å². The highest BCUT2D eigenvalue weighted by Crippen LogP contribution is 2.38. The Morgan fingerprint density at radius 2 is 1.75 bits per heavy atom. The molecule has 0 amide bonds.